The van der Waals surface area contributed by atoms with Crippen molar-refractivity contribution >= 4 is 28.9 Å². The molecule has 0 bridgehead atoms. The Labute approximate surface area is 130 Å². The van der Waals surface area contributed by atoms with Gasteiger partial charge in [0, 0.05) is 30.9 Å². The van der Waals surface area contributed by atoms with Gasteiger partial charge >= 0.3 is 0 Å². The fourth-order valence-electron chi connectivity index (χ4n) is 2.06. The fraction of sp³-hybridized carbons (Fsp3) is 0.467. The van der Waals surface area contributed by atoms with Gasteiger partial charge in [-0.1, -0.05) is 6.92 Å². The Bertz CT molecular complexity index is 484. The van der Waals surface area contributed by atoms with Crippen LogP contribution in [0.4, 0.5) is 5.69 Å². The monoisotopic (exact) mass is 307 g/mol. The van der Waals surface area contributed by atoms with Crippen molar-refractivity contribution in [3.63, 3.8) is 0 Å². The van der Waals surface area contributed by atoms with Gasteiger partial charge in [0.1, 0.15) is 0 Å². The van der Waals surface area contributed by atoms with Gasteiger partial charge in [-0.2, -0.15) is 0 Å². The predicted molar refractivity (Wildman–Crippen MR) is 87.7 cm³/mol. The van der Waals surface area contributed by atoms with Crippen LogP contribution in [0.1, 0.15) is 23.7 Å². The van der Waals surface area contributed by atoms with E-state index in [1.54, 1.807) is 0 Å². The maximum atomic E-state index is 12.3. The molecule has 0 aromatic heterocycles. The average molecular weight is 307 g/mol. The molecule has 21 heavy (non-hydrogen) atoms. The Morgan fingerprint density at radius 3 is 2.57 bits per heavy atom. The quantitative estimate of drug-likeness (QED) is 0.832. The number of benzene rings is 1. The summed E-state index contributed by atoms with van der Waals surface area (Å²) in [6.45, 7) is 5.47. The van der Waals surface area contributed by atoms with Crippen LogP contribution >= 0.6 is 12.2 Å². The summed E-state index contributed by atoms with van der Waals surface area (Å²) in [5.41, 5.74) is 1.57. The van der Waals surface area contributed by atoms with E-state index in [0.29, 0.717) is 37.0 Å². The van der Waals surface area contributed by atoms with Crippen LogP contribution in [-0.2, 0) is 4.74 Å². The summed E-state index contributed by atoms with van der Waals surface area (Å²) in [5, 5.41) is 6.80. The average Bonchev–Trinajstić information content (AvgIpc) is 2.54. The van der Waals surface area contributed by atoms with Gasteiger partial charge in [-0.25, -0.2) is 0 Å². The maximum Gasteiger partial charge on any atom is 0.254 e. The van der Waals surface area contributed by atoms with Gasteiger partial charge in [0.15, 0.2) is 5.11 Å². The molecule has 2 rings (SSSR count). The van der Waals surface area contributed by atoms with Crippen molar-refractivity contribution in [2.75, 3.05) is 38.2 Å². The molecule has 0 radical (unpaired) electrons. The van der Waals surface area contributed by atoms with E-state index < -0.39 is 0 Å². The third-order valence-corrected chi connectivity index (χ3v) is 3.47. The number of nitrogens with zero attached hydrogens (tertiary/aromatic N) is 1. The van der Waals surface area contributed by atoms with E-state index in [2.05, 4.69) is 17.6 Å². The molecule has 1 amide bonds. The van der Waals surface area contributed by atoms with Crippen LogP contribution in [0.25, 0.3) is 0 Å². The zero-order valence-corrected chi connectivity index (χ0v) is 13.0. The van der Waals surface area contributed by atoms with Crippen molar-refractivity contribution in [1.82, 2.24) is 10.2 Å². The zero-order valence-electron chi connectivity index (χ0n) is 12.2. The molecule has 0 atom stereocenters. The Kier molecular flexibility index (Phi) is 5.95. The number of ether oxygens (including phenoxy) is 1. The Hall–Kier alpha value is -1.66. The lowest BCUT2D eigenvalue weighted by molar-refractivity contribution is 0.0303. The number of rotatable bonds is 4. The van der Waals surface area contributed by atoms with Crippen LogP contribution in [0.2, 0.25) is 0 Å². The summed E-state index contributed by atoms with van der Waals surface area (Å²) in [5.74, 6) is 0.0523. The van der Waals surface area contributed by atoms with Gasteiger partial charge in [-0.05, 0) is 42.9 Å². The van der Waals surface area contributed by atoms with Gasteiger partial charge in [0.05, 0.1) is 13.2 Å². The highest BCUT2D eigenvalue weighted by molar-refractivity contribution is 7.80. The minimum Gasteiger partial charge on any atom is -0.378 e. The first-order chi connectivity index (χ1) is 10.2. The van der Waals surface area contributed by atoms with E-state index in [-0.39, 0.29) is 5.91 Å². The predicted octanol–water partition coefficient (Wildman–Crippen LogP) is 1.86. The first-order valence-electron chi connectivity index (χ1n) is 7.22. The van der Waals surface area contributed by atoms with Gasteiger partial charge in [-0.3, -0.25) is 4.79 Å². The van der Waals surface area contributed by atoms with Crippen LogP contribution in [0.3, 0.4) is 0 Å². The second-order valence-electron chi connectivity index (χ2n) is 4.86. The summed E-state index contributed by atoms with van der Waals surface area (Å²) < 4.78 is 5.26. The van der Waals surface area contributed by atoms with E-state index in [4.69, 9.17) is 17.0 Å². The van der Waals surface area contributed by atoms with Crippen LogP contribution in [0.5, 0.6) is 0 Å². The smallest absolute Gasteiger partial charge is 0.254 e. The largest absolute Gasteiger partial charge is 0.378 e. The SMILES string of the molecule is CCCNC(=S)Nc1ccc(C(=O)N2CCOCC2)cc1. The Morgan fingerprint density at radius 1 is 1.29 bits per heavy atom. The number of morpholine rings is 1. The van der Waals surface area contributed by atoms with Crippen molar-refractivity contribution in [1.29, 1.82) is 0 Å². The summed E-state index contributed by atoms with van der Waals surface area (Å²) in [6.07, 6.45) is 1.02. The highest BCUT2D eigenvalue weighted by atomic mass is 32.1. The molecule has 1 aliphatic heterocycles. The molecule has 1 aromatic rings. The molecule has 1 saturated heterocycles. The molecule has 114 valence electrons. The normalized spacial score (nSPS) is 14.6. The minimum atomic E-state index is 0.0523. The van der Waals surface area contributed by atoms with Crippen molar-refractivity contribution in [2.45, 2.75) is 13.3 Å². The molecule has 1 aliphatic rings. The van der Waals surface area contributed by atoms with Crippen molar-refractivity contribution in [3.05, 3.63) is 29.8 Å². The minimum absolute atomic E-state index is 0.0523. The van der Waals surface area contributed by atoms with Crippen LogP contribution in [0, 0.1) is 0 Å². The lowest BCUT2D eigenvalue weighted by atomic mass is 10.1. The molecular formula is C15H21N3O2S. The summed E-state index contributed by atoms with van der Waals surface area (Å²) in [6, 6.07) is 7.38. The molecule has 0 unspecified atom stereocenters. The number of amides is 1. The lowest BCUT2D eigenvalue weighted by Gasteiger charge is -2.26. The van der Waals surface area contributed by atoms with Crippen LogP contribution < -0.4 is 10.6 Å². The van der Waals surface area contributed by atoms with E-state index >= 15 is 0 Å². The van der Waals surface area contributed by atoms with Gasteiger partial charge in [0.25, 0.3) is 5.91 Å². The zero-order chi connectivity index (χ0) is 15.1. The number of carbonyl (C=O) groups excluding carboxylic acids is 1. The molecule has 1 heterocycles. The molecule has 0 spiro atoms. The van der Waals surface area contributed by atoms with E-state index in [0.717, 1.165) is 18.7 Å². The molecule has 0 aliphatic carbocycles. The van der Waals surface area contributed by atoms with E-state index in [1.165, 1.54) is 0 Å². The first-order valence-corrected chi connectivity index (χ1v) is 7.63. The Morgan fingerprint density at radius 2 is 1.95 bits per heavy atom. The topological polar surface area (TPSA) is 53.6 Å². The molecular weight excluding hydrogens is 286 g/mol. The second-order valence-corrected chi connectivity index (χ2v) is 5.27. The number of anilines is 1. The van der Waals surface area contributed by atoms with E-state index in [9.17, 15) is 4.79 Å². The second kappa shape index (κ2) is 7.95. The summed E-state index contributed by atoms with van der Waals surface area (Å²) in [7, 11) is 0. The molecule has 6 heteroatoms. The summed E-state index contributed by atoms with van der Waals surface area (Å²) >= 11 is 5.18. The molecule has 5 nitrogen and oxygen atoms in total. The Balaban J connectivity index is 1.91. The fourth-order valence-corrected chi connectivity index (χ4v) is 2.28. The van der Waals surface area contributed by atoms with Crippen molar-refractivity contribution in [2.24, 2.45) is 0 Å². The number of hydrogen-bond acceptors (Lipinski definition) is 3. The van der Waals surface area contributed by atoms with Crippen molar-refractivity contribution < 1.29 is 9.53 Å². The van der Waals surface area contributed by atoms with Crippen LogP contribution in [0.15, 0.2) is 24.3 Å². The molecule has 1 fully saturated rings. The lowest BCUT2D eigenvalue weighted by Crippen LogP contribution is -2.40. The standard InChI is InChI=1S/C15H21N3O2S/c1-2-7-16-15(21)17-13-5-3-12(4-6-13)14(19)18-8-10-20-11-9-18/h3-6H,2,7-11H2,1H3,(H2,16,17,21). The molecule has 0 saturated carbocycles. The maximum absolute atomic E-state index is 12.3. The number of nitrogens with one attached hydrogen (secondary N) is 2. The molecule has 2 N–H and O–H groups in total. The third-order valence-electron chi connectivity index (χ3n) is 3.22. The van der Waals surface area contributed by atoms with Gasteiger partial charge < -0.3 is 20.3 Å². The number of thiocarbonyl (C=S) groups is 1. The highest BCUT2D eigenvalue weighted by Crippen LogP contribution is 2.12. The third kappa shape index (κ3) is 4.68. The summed E-state index contributed by atoms with van der Waals surface area (Å²) in [4.78, 5) is 14.1. The number of carbonyl (C=O) groups is 1. The van der Waals surface area contributed by atoms with E-state index in [1.807, 2.05) is 29.2 Å². The van der Waals surface area contributed by atoms with Crippen LogP contribution in [-0.4, -0.2) is 48.8 Å². The first kappa shape index (κ1) is 15.7. The van der Waals surface area contributed by atoms with Crippen molar-refractivity contribution in [3.8, 4) is 0 Å². The number of hydrogen-bond donors (Lipinski definition) is 2. The van der Waals surface area contributed by atoms with Gasteiger partial charge in [0.2, 0.25) is 0 Å². The van der Waals surface area contributed by atoms with Gasteiger partial charge in [-0.15, -0.1) is 0 Å². The molecule has 1 aromatic carbocycles. The highest BCUT2D eigenvalue weighted by Gasteiger charge is 2.18.